The predicted molar refractivity (Wildman–Crippen MR) is 106 cm³/mol. The highest BCUT2D eigenvalue weighted by Gasteiger charge is 2.10. The summed E-state index contributed by atoms with van der Waals surface area (Å²) in [6.45, 7) is 4.71. The normalized spacial score (nSPS) is 11.1. The molecule has 2 aromatic carbocycles. The maximum atomic E-state index is 12.9. The number of aryl methyl sites for hydroxylation is 2. The van der Waals surface area contributed by atoms with Crippen molar-refractivity contribution in [1.82, 2.24) is 14.2 Å². The van der Waals surface area contributed by atoms with Gasteiger partial charge in [0, 0.05) is 18.0 Å². The van der Waals surface area contributed by atoms with E-state index in [1.165, 1.54) is 11.1 Å². The Bertz CT molecular complexity index is 1190. The van der Waals surface area contributed by atoms with Gasteiger partial charge in [-0.05, 0) is 48.7 Å². The third-order valence-electron chi connectivity index (χ3n) is 4.89. The van der Waals surface area contributed by atoms with E-state index in [9.17, 15) is 4.79 Å². The Hall–Kier alpha value is -3.34. The Kier molecular flexibility index (Phi) is 4.28. The van der Waals surface area contributed by atoms with Crippen LogP contribution < -0.4 is 10.3 Å². The van der Waals surface area contributed by atoms with Crippen LogP contribution in [-0.2, 0) is 6.54 Å². The highest BCUT2D eigenvalue weighted by Crippen LogP contribution is 2.23. The standard InChI is InChI=1S/C22H21N3O2/c1-15-7-8-17(11-16(15)2)14-24-9-10-25-21(22(24)26)13-20(23-25)18-5-4-6-19(12-18)27-3/h4-13H,14H2,1-3H3. The highest BCUT2D eigenvalue weighted by atomic mass is 16.5. The van der Waals surface area contributed by atoms with E-state index in [4.69, 9.17) is 4.74 Å². The van der Waals surface area contributed by atoms with Gasteiger partial charge in [-0.3, -0.25) is 4.79 Å². The maximum Gasteiger partial charge on any atom is 0.276 e. The molecule has 0 saturated heterocycles. The molecule has 136 valence electrons. The molecule has 0 radical (unpaired) electrons. The number of nitrogens with zero attached hydrogens (tertiary/aromatic N) is 3. The number of rotatable bonds is 4. The lowest BCUT2D eigenvalue weighted by Crippen LogP contribution is -2.21. The van der Waals surface area contributed by atoms with E-state index in [1.54, 1.807) is 22.4 Å². The first-order chi connectivity index (χ1) is 13.0. The number of hydrogen-bond donors (Lipinski definition) is 0. The van der Waals surface area contributed by atoms with Crippen LogP contribution in [0.1, 0.15) is 16.7 Å². The lowest BCUT2D eigenvalue weighted by atomic mass is 10.1. The lowest BCUT2D eigenvalue weighted by Gasteiger charge is -2.08. The fourth-order valence-corrected chi connectivity index (χ4v) is 3.17. The van der Waals surface area contributed by atoms with Crippen LogP contribution in [0.25, 0.3) is 16.8 Å². The van der Waals surface area contributed by atoms with Gasteiger partial charge in [-0.15, -0.1) is 0 Å². The zero-order valence-electron chi connectivity index (χ0n) is 15.6. The smallest absolute Gasteiger partial charge is 0.276 e. The Morgan fingerprint density at radius 2 is 1.85 bits per heavy atom. The first-order valence-electron chi connectivity index (χ1n) is 8.84. The summed E-state index contributed by atoms with van der Waals surface area (Å²) < 4.78 is 8.63. The summed E-state index contributed by atoms with van der Waals surface area (Å²) in [7, 11) is 1.63. The van der Waals surface area contributed by atoms with Gasteiger partial charge in [0.2, 0.25) is 0 Å². The lowest BCUT2D eigenvalue weighted by molar-refractivity contribution is 0.415. The van der Waals surface area contributed by atoms with Crippen molar-refractivity contribution in [2.24, 2.45) is 0 Å². The van der Waals surface area contributed by atoms with Crippen molar-refractivity contribution in [3.8, 4) is 17.0 Å². The molecule has 0 bridgehead atoms. The molecule has 4 aromatic rings. The van der Waals surface area contributed by atoms with Crippen LogP contribution in [0.15, 0.2) is 65.7 Å². The molecule has 0 saturated carbocycles. The average Bonchev–Trinajstić information content (AvgIpc) is 3.12. The van der Waals surface area contributed by atoms with Gasteiger partial charge in [0.15, 0.2) is 0 Å². The van der Waals surface area contributed by atoms with E-state index in [0.29, 0.717) is 12.1 Å². The monoisotopic (exact) mass is 359 g/mol. The van der Waals surface area contributed by atoms with E-state index in [0.717, 1.165) is 22.6 Å². The van der Waals surface area contributed by atoms with E-state index in [-0.39, 0.29) is 5.56 Å². The van der Waals surface area contributed by atoms with Crippen molar-refractivity contribution in [2.75, 3.05) is 7.11 Å². The van der Waals surface area contributed by atoms with Crippen LogP contribution in [0, 0.1) is 13.8 Å². The third kappa shape index (κ3) is 3.24. The van der Waals surface area contributed by atoms with Crippen LogP contribution in [-0.4, -0.2) is 21.3 Å². The molecule has 0 aliphatic carbocycles. The molecular formula is C22H21N3O2. The summed E-state index contributed by atoms with van der Waals surface area (Å²) in [5.74, 6) is 0.761. The second-order valence-electron chi connectivity index (χ2n) is 6.74. The Morgan fingerprint density at radius 1 is 1.00 bits per heavy atom. The molecule has 0 aliphatic rings. The minimum Gasteiger partial charge on any atom is -0.497 e. The average molecular weight is 359 g/mol. The fraction of sp³-hybridized carbons (Fsp3) is 0.182. The predicted octanol–water partition coefficient (Wildman–Crippen LogP) is 3.84. The fourth-order valence-electron chi connectivity index (χ4n) is 3.17. The number of fused-ring (bicyclic) bond motifs is 1. The molecule has 4 rings (SSSR count). The molecule has 0 unspecified atom stereocenters. The molecule has 5 nitrogen and oxygen atoms in total. The van der Waals surface area contributed by atoms with Crippen molar-refractivity contribution in [3.63, 3.8) is 0 Å². The van der Waals surface area contributed by atoms with Crippen molar-refractivity contribution >= 4 is 5.52 Å². The summed E-state index contributed by atoms with van der Waals surface area (Å²) >= 11 is 0. The van der Waals surface area contributed by atoms with E-state index in [1.807, 2.05) is 36.5 Å². The molecule has 0 aliphatic heterocycles. The molecule has 0 fully saturated rings. The maximum absolute atomic E-state index is 12.9. The van der Waals surface area contributed by atoms with Crippen LogP contribution >= 0.6 is 0 Å². The molecular weight excluding hydrogens is 338 g/mol. The number of aromatic nitrogens is 3. The van der Waals surface area contributed by atoms with Gasteiger partial charge in [-0.25, -0.2) is 4.52 Å². The van der Waals surface area contributed by atoms with Crippen LogP contribution in [0.2, 0.25) is 0 Å². The molecule has 0 atom stereocenters. The Balaban J connectivity index is 1.73. The first kappa shape index (κ1) is 17.1. The summed E-state index contributed by atoms with van der Waals surface area (Å²) in [5, 5.41) is 4.54. The van der Waals surface area contributed by atoms with Gasteiger partial charge < -0.3 is 9.30 Å². The van der Waals surface area contributed by atoms with Crippen LogP contribution in [0.4, 0.5) is 0 Å². The van der Waals surface area contributed by atoms with E-state index in [2.05, 4.69) is 37.1 Å². The molecule has 2 aromatic heterocycles. The van der Waals surface area contributed by atoms with Gasteiger partial charge in [0.25, 0.3) is 5.56 Å². The molecule has 0 amide bonds. The topological polar surface area (TPSA) is 48.5 Å². The van der Waals surface area contributed by atoms with Crippen molar-refractivity contribution in [3.05, 3.63) is 88.0 Å². The van der Waals surface area contributed by atoms with E-state index >= 15 is 0 Å². The molecule has 0 spiro atoms. The minimum atomic E-state index is -0.0580. The summed E-state index contributed by atoms with van der Waals surface area (Å²) in [6.07, 6.45) is 3.61. The van der Waals surface area contributed by atoms with Gasteiger partial charge >= 0.3 is 0 Å². The molecule has 0 N–H and O–H groups in total. The largest absolute Gasteiger partial charge is 0.497 e. The second-order valence-corrected chi connectivity index (χ2v) is 6.74. The van der Waals surface area contributed by atoms with Crippen LogP contribution in [0.5, 0.6) is 5.75 Å². The van der Waals surface area contributed by atoms with Crippen molar-refractivity contribution in [2.45, 2.75) is 20.4 Å². The second kappa shape index (κ2) is 6.76. The Labute approximate surface area is 157 Å². The molecule has 27 heavy (non-hydrogen) atoms. The number of methoxy groups -OCH3 is 1. The third-order valence-corrected chi connectivity index (χ3v) is 4.89. The van der Waals surface area contributed by atoms with Crippen LogP contribution in [0.3, 0.4) is 0 Å². The van der Waals surface area contributed by atoms with Gasteiger partial charge in [-0.2, -0.15) is 5.10 Å². The molecule has 5 heteroatoms. The number of benzene rings is 2. The minimum absolute atomic E-state index is 0.0580. The summed E-state index contributed by atoms with van der Waals surface area (Å²) in [6, 6.07) is 15.8. The zero-order valence-corrected chi connectivity index (χ0v) is 15.6. The number of ether oxygens (including phenoxy) is 1. The summed E-state index contributed by atoms with van der Waals surface area (Å²) in [5.41, 5.74) is 5.74. The quantitative estimate of drug-likeness (QED) is 0.556. The van der Waals surface area contributed by atoms with E-state index < -0.39 is 0 Å². The van der Waals surface area contributed by atoms with Crippen molar-refractivity contribution in [1.29, 1.82) is 0 Å². The molecule has 2 heterocycles. The van der Waals surface area contributed by atoms with Gasteiger partial charge in [-0.1, -0.05) is 30.3 Å². The zero-order chi connectivity index (χ0) is 19.0. The Morgan fingerprint density at radius 3 is 2.63 bits per heavy atom. The number of hydrogen-bond acceptors (Lipinski definition) is 3. The highest BCUT2D eigenvalue weighted by molar-refractivity contribution is 5.66. The van der Waals surface area contributed by atoms with Gasteiger partial charge in [0.05, 0.1) is 19.3 Å². The summed E-state index contributed by atoms with van der Waals surface area (Å²) in [4.78, 5) is 12.9. The van der Waals surface area contributed by atoms with Crippen molar-refractivity contribution < 1.29 is 4.74 Å². The first-order valence-corrected chi connectivity index (χ1v) is 8.84. The van der Waals surface area contributed by atoms with Gasteiger partial charge in [0.1, 0.15) is 11.3 Å². The SMILES string of the molecule is COc1cccc(-c2cc3c(=O)n(Cc4ccc(C)c(C)c4)ccn3n2)c1.